The smallest absolute Gasteiger partial charge is 0.251 e. The molecule has 6 heteroatoms. The van der Waals surface area contributed by atoms with E-state index < -0.39 is 0 Å². The molecule has 3 aromatic rings. The molecule has 2 aromatic carbocycles. The zero-order valence-electron chi connectivity index (χ0n) is 19.8. The van der Waals surface area contributed by atoms with Gasteiger partial charge in [0.1, 0.15) is 5.75 Å². The van der Waals surface area contributed by atoms with E-state index in [9.17, 15) is 9.59 Å². The number of carbonyl (C=O) groups is 2. The Balaban J connectivity index is 1.47. The molecule has 0 spiro atoms. The van der Waals surface area contributed by atoms with Gasteiger partial charge in [-0.2, -0.15) is 0 Å². The molecule has 0 aliphatic carbocycles. The molecular weight excluding hydrogens is 426 g/mol. The highest BCUT2D eigenvalue weighted by molar-refractivity contribution is 6.17. The fourth-order valence-corrected chi connectivity index (χ4v) is 4.21. The first-order valence-corrected chi connectivity index (χ1v) is 11.4. The number of Topliss-reactive ketones (excluding diaryl/α,β-unsaturated/α-hetero) is 1. The number of hydrogen-bond acceptors (Lipinski definition) is 5. The van der Waals surface area contributed by atoms with E-state index in [2.05, 4.69) is 24.1 Å². The molecule has 1 aliphatic rings. The van der Waals surface area contributed by atoms with Crippen LogP contribution >= 0.6 is 0 Å². The van der Waals surface area contributed by atoms with Crippen LogP contribution in [0.4, 0.5) is 0 Å². The Morgan fingerprint density at radius 2 is 1.85 bits per heavy atom. The average molecular weight is 456 g/mol. The van der Waals surface area contributed by atoms with E-state index >= 15 is 0 Å². The van der Waals surface area contributed by atoms with Crippen LogP contribution in [-0.4, -0.2) is 41.6 Å². The zero-order valence-corrected chi connectivity index (χ0v) is 19.8. The quantitative estimate of drug-likeness (QED) is 0.509. The maximum absolute atomic E-state index is 13.2. The van der Waals surface area contributed by atoms with E-state index in [1.165, 1.54) is 0 Å². The van der Waals surface area contributed by atoms with E-state index in [4.69, 9.17) is 9.73 Å². The van der Waals surface area contributed by atoms with Gasteiger partial charge in [0.25, 0.3) is 5.91 Å². The lowest BCUT2D eigenvalue weighted by Gasteiger charge is -2.29. The number of nitrogens with zero attached hydrogens (tertiary/aromatic N) is 2. The molecule has 0 saturated heterocycles. The van der Waals surface area contributed by atoms with Crippen LogP contribution < -0.4 is 10.1 Å². The minimum Gasteiger partial charge on any atom is -0.497 e. The van der Waals surface area contributed by atoms with Gasteiger partial charge in [0.05, 0.1) is 24.8 Å². The largest absolute Gasteiger partial charge is 0.497 e. The average Bonchev–Trinajstić information content (AvgIpc) is 2.84. The van der Waals surface area contributed by atoms with Crippen molar-refractivity contribution in [2.24, 2.45) is 4.99 Å². The topological polar surface area (TPSA) is 80.7 Å². The van der Waals surface area contributed by atoms with Crippen molar-refractivity contribution in [3.8, 4) is 5.75 Å². The number of nitrogens with one attached hydrogen (secondary N) is 1. The predicted octanol–water partition coefficient (Wildman–Crippen LogP) is 4.46. The van der Waals surface area contributed by atoms with Crippen molar-refractivity contribution in [2.45, 2.75) is 38.6 Å². The van der Waals surface area contributed by atoms with Crippen molar-refractivity contribution in [2.75, 3.05) is 13.7 Å². The van der Waals surface area contributed by atoms with E-state index in [-0.39, 0.29) is 23.7 Å². The lowest BCUT2D eigenvalue weighted by Crippen LogP contribution is -2.30. The van der Waals surface area contributed by atoms with Gasteiger partial charge in [0.2, 0.25) is 0 Å². The van der Waals surface area contributed by atoms with Crippen LogP contribution in [0.25, 0.3) is 0 Å². The Morgan fingerprint density at radius 1 is 1.03 bits per heavy atom. The highest BCUT2D eigenvalue weighted by Gasteiger charge is 2.28. The minimum atomic E-state index is -0.285. The van der Waals surface area contributed by atoms with Crippen molar-refractivity contribution in [3.63, 3.8) is 0 Å². The Morgan fingerprint density at radius 3 is 2.62 bits per heavy atom. The Hall–Kier alpha value is -3.80. The molecule has 0 unspecified atom stereocenters. The van der Waals surface area contributed by atoms with E-state index in [1.54, 1.807) is 37.6 Å². The number of amides is 1. The summed E-state index contributed by atoms with van der Waals surface area (Å²) in [5.74, 6) is 0.452. The molecule has 1 aromatic heterocycles. The molecule has 0 bridgehead atoms. The number of rotatable bonds is 8. The lowest BCUT2D eigenvalue weighted by molar-refractivity contribution is 0.0954. The number of ether oxygens (including phenoxy) is 1. The van der Waals surface area contributed by atoms with E-state index in [0.717, 1.165) is 34.7 Å². The number of carbonyl (C=O) groups excluding carboxylic acids is 2. The third kappa shape index (κ3) is 5.57. The van der Waals surface area contributed by atoms with Gasteiger partial charge in [-0.25, -0.2) is 0 Å². The summed E-state index contributed by atoms with van der Waals surface area (Å²) in [5.41, 5.74) is 4.44. The van der Waals surface area contributed by atoms with Crippen LogP contribution in [0.3, 0.4) is 0 Å². The zero-order chi connectivity index (χ0) is 24.1. The number of methoxy groups -OCH3 is 1. The highest BCUT2D eigenvalue weighted by atomic mass is 16.5. The first-order valence-electron chi connectivity index (χ1n) is 11.4. The normalized spacial score (nSPS) is 14.0. The summed E-state index contributed by atoms with van der Waals surface area (Å²) >= 11 is 0. The number of pyridine rings is 1. The summed E-state index contributed by atoms with van der Waals surface area (Å²) in [5, 5.41) is 2.90. The molecule has 6 nitrogen and oxygen atoms in total. The molecule has 0 atom stereocenters. The van der Waals surface area contributed by atoms with Crippen LogP contribution in [0.2, 0.25) is 0 Å². The summed E-state index contributed by atoms with van der Waals surface area (Å²) in [4.78, 5) is 35.0. The molecule has 0 saturated carbocycles. The third-order valence-corrected chi connectivity index (χ3v) is 5.86. The van der Waals surface area contributed by atoms with Gasteiger partial charge >= 0.3 is 0 Å². The fraction of sp³-hybridized carbons (Fsp3) is 0.286. The lowest BCUT2D eigenvalue weighted by atomic mass is 9.85. The third-order valence-electron chi connectivity index (χ3n) is 5.86. The van der Waals surface area contributed by atoms with Crippen molar-refractivity contribution in [1.29, 1.82) is 0 Å². The van der Waals surface area contributed by atoms with Crippen molar-refractivity contribution < 1.29 is 14.3 Å². The molecule has 2 heterocycles. The predicted molar refractivity (Wildman–Crippen MR) is 133 cm³/mol. The number of ketones is 1. The molecule has 1 amide bonds. The molecule has 0 fully saturated rings. The number of aliphatic imine (C=N–C) groups is 1. The second-order valence-corrected chi connectivity index (χ2v) is 9.08. The summed E-state index contributed by atoms with van der Waals surface area (Å²) in [6, 6.07) is 18.5. The molecule has 0 radical (unpaired) electrons. The Kier molecular flexibility index (Phi) is 6.87. The van der Waals surface area contributed by atoms with Crippen molar-refractivity contribution in [1.82, 2.24) is 10.3 Å². The fourth-order valence-electron chi connectivity index (χ4n) is 4.21. The summed E-state index contributed by atoms with van der Waals surface area (Å²) in [6.45, 7) is 4.61. The van der Waals surface area contributed by atoms with E-state index in [0.29, 0.717) is 24.1 Å². The maximum atomic E-state index is 13.2. The molecule has 34 heavy (non-hydrogen) atoms. The van der Waals surface area contributed by atoms with Crippen molar-refractivity contribution in [3.05, 3.63) is 94.8 Å². The SMILES string of the molecule is COc1ccc2c(c1)C(CC(=O)c1cccc(C(=O)NCCc3ccccn3)c1)=NC(C)(C)C2. The highest BCUT2D eigenvalue weighted by Crippen LogP contribution is 2.31. The summed E-state index contributed by atoms with van der Waals surface area (Å²) in [6.07, 6.45) is 3.34. The minimum absolute atomic E-state index is 0.0756. The molecule has 1 aliphatic heterocycles. The van der Waals surface area contributed by atoms with Crippen LogP contribution in [0.15, 0.2) is 71.9 Å². The Bertz CT molecular complexity index is 1230. The van der Waals surface area contributed by atoms with Crippen LogP contribution in [0.1, 0.15) is 57.8 Å². The van der Waals surface area contributed by atoms with Crippen LogP contribution in [0.5, 0.6) is 5.75 Å². The maximum Gasteiger partial charge on any atom is 0.251 e. The van der Waals surface area contributed by atoms with Crippen molar-refractivity contribution >= 4 is 17.4 Å². The molecule has 4 rings (SSSR count). The number of fused-ring (bicyclic) bond motifs is 1. The van der Waals surface area contributed by atoms with Crippen LogP contribution in [0, 0.1) is 0 Å². The Labute approximate surface area is 200 Å². The second-order valence-electron chi connectivity index (χ2n) is 9.08. The van der Waals surface area contributed by atoms with Gasteiger partial charge < -0.3 is 10.1 Å². The monoisotopic (exact) mass is 455 g/mol. The second kappa shape index (κ2) is 10.00. The first kappa shape index (κ1) is 23.4. The number of aromatic nitrogens is 1. The molecule has 174 valence electrons. The van der Waals surface area contributed by atoms with Gasteiger partial charge in [0, 0.05) is 41.5 Å². The van der Waals surface area contributed by atoms with Gasteiger partial charge in [-0.3, -0.25) is 19.6 Å². The van der Waals surface area contributed by atoms with Gasteiger partial charge in [-0.15, -0.1) is 0 Å². The van der Waals surface area contributed by atoms with E-state index in [1.807, 2.05) is 36.4 Å². The first-order chi connectivity index (χ1) is 16.3. The molecule has 1 N–H and O–H groups in total. The van der Waals surface area contributed by atoms with Crippen LogP contribution in [-0.2, 0) is 12.8 Å². The summed E-state index contributed by atoms with van der Waals surface area (Å²) in [7, 11) is 1.63. The number of benzene rings is 2. The molecular formula is C28H29N3O3. The standard InChI is InChI=1S/C28H29N3O3/c1-28(2)18-21-10-11-23(34-3)16-24(21)25(31-28)17-26(32)19-7-6-8-20(15-19)27(33)30-14-12-22-9-4-5-13-29-22/h4-11,13,15-16H,12,14,17-18H2,1-3H3,(H,30,33). The number of hydrogen-bond donors (Lipinski definition) is 1. The van der Waals surface area contributed by atoms with Gasteiger partial charge in [0.15, 0.2) is 5.78 Å². The summed E-state index contributed by atoms with van der Waals surface area (Å²) < 4.78 is 5.38. The van der Waals surface area contributed by atoms with Gasteiger partial charge in [-0.1, -0.05) is 24.3 Å². The van der Waals surface area contributed by atoms with Gasteiger partial charge in [-0.05, 0) is 62.2 Å².